The van der Waals surface area contributed by atoms with Crippen molar-refractivity contribution in [2.45, 2.75) is 10.3 Å². The molecule has 2 atom stereocenters. The summed E-state index contributed by atoms with van der Waals surface area (Å²) in [5.41, 5.74) is -0.780. The number of benzene rings is 3. The summed E-state index contributed by atoms with van der Waals surface area (Å²) in [5.74, 6) is -3.62. The molecule has 1 aliphatic rings. The van der Waals surface area contributed by atoms with E-state index in [9.17, 15) is 22.8 Å². The first-order valence-corrected chi connectivity index (χ1v) is 11.6. The van der Waals surface area contributed by atoms with Crippen LogP contribution in [-0.2, 0) is 4.79 Å². The van der Waals surface area contributed by atoms with Crippen molar-refractivity contribution in [3.8, 4) is 0 Å². The minimum atomic E-state index is -1.53. The van der Waals surface area contributed by atoms with Gasteiger partial charge in [-0.2, -0.15) is 0 Å². The average molecular weight is 562 g/mol. The van der Waals surface area contributed by atoms with Crippen LogP contribution >= 0.6 is 46.4 Å². The van der Waals surface area contributed by atoms with E-state index in [2.05, 4.69) is 10.6 Å². The molecule has 0 saturated heterocycles. The van der Waals surface area contributed by atoms with Gasteiger partial charge in [0.1, 0.15) is 22.3 Å². The van der Waals surface area contributed by atoms with Crippen LogP contribution in [0.3, 0.4) is 0 Å². The fraction of sp³-hybridized carbons (Fsp3) is 0.167. The van der Waals surface area contributed by atoms with E-state index in [1.165, 1.54) is 36.4 Å². The quantitative estimate of drug-likeness (QED) is 0.236. The van der Waals surface area contributed by atoms with Crippen molar-refractivity contribution >= 4 is 70.0 Å². The second-order valence-corrected chi connectivity index (χ2v) is 10.2. The van der Waals surface area contributed by atoms with E-state index in [0.29, 0.717) is 11.8 Å². The van der Waals surface area contributed by atoms with E-state index in [4.69, 9.17) is 46.4 Å². The van der Waals surface area contributed by atoms with E-state index in [1.54, 1.807) is 0 Å². The van der Waals surface area contributed by atoms with Crippen molar-refractivity contribution in [3.05, 3.63) is 93.2 Å². The molecule has 1 saturated carbocycles. The zero-order valence-electron chi connectivity index (χ0n) is 17.5. The number of hydrogen-bond donors (Lipinski definition) is 2. The molecule has 1 fully saturated rings. The Labute approximate surface area is 218 Å². The minimum absolute atomic E-state index is 0.107. The number of alkyl halides is 2. The number of carbonyl (C=O) groups excluding carboxylic acids is 2. The Morgan fingerprint density at radius 2 is 1.63 bits per heavy atom. The van der Waals surface area contributed by atoms with Crippen LogP contribution in [0.1, 0.15) is 21.8 Å². The van der Waals surface area contributed by atoms with Gasteiger partial charge in [0.25, 0.3) is 5.91 Å². The predicted octanol–water partition coefficient (Wildman–Crippen LogP) is 7.23. The summed E-state index contributed by atoms with van der Waals surface area (Å²) < 4.78 is 39.7. The first kappa shape index (κ1) is 25.6. The first-order valence-electron chi connectivity index (χ1n) is 10.1. The molecule has 4 nitrogen and oxygen atoms in total. The summed E-state index contributed by atoms with van der Waals surface area (Å²) >= 11 is 24.7. The summed E-state index contributed by atoms with van der Waals surface area (Å²) in [6.07, 6.45) is 0.592. The molecule has 0 heterocycles. The van der Waals surface area contributed by atoms with Gasteiger partial charge in [-0.1, -0.05) is 52.5 Å². The van der Waals surface area contributed by atoms with Crippen LogP contribution < -0.4 is 10.6 Å². The van der Waals surface area contributed by atoms with Gasteiger partial charge < -0.3 is 15.4 Å². The van der Waals surface area contributed by atoms with Crippen molar-refractivity contribution in [3.63, 3.8) is 0 Å². The van der Waals surface area contributed by atoms with Gasteiger partial charge in [0.2, 0.25) is 0 Å². The lowest BCUT2D eigenvalue weighted by molar-refractivity contribution is -0.112. The second-order valence-electron chi connectivity index (χ2n) is 8.02. The predicted molar refractivity (Wildman–Crippen MR) is 131 cm³/mol. The molecular formula is C24H15Cl4F3N2O2. The highest BCUT2D eigenvalue weighted by molar-refractivity contribution is 6.54. The number of hydrogen-bond acceptors (Lipinski definition) is 3. The van der Waals surface area contributed by atoms with Gasteiger partial charge in [-0.05, 0) is 54.1 Å². The third-order valence-corrected chi connectivity index (χ3v) is 7.57. The Hall–Kier alpha value is -2.45. The van der Waals surface area contributed by atoms with Crippen molar-refractivity contribution in [1.82, 2.24) is 0 Å². The molecule has 0 aromatic heterocycles. The largest absolute Gasteiger partial charge is 0.384 e. The molecule has 1 aliphatic carbocycles. The van der Waals surface area contributed by atoms with Gasteiger partial charge >= 0.3 is 0 Å². The van der Waals surface area contributed by atoms with Crippen LogP contribution in [0.15, 0.2) is 54.6 Å². The van der Waals surface area contributed by atoms with E-state index in [1.807, 2.05) is 0 Å². The SMILES string of the molecule is O=CC1(CNc2cc(Cl)c(F)c(C(=O)Nc3ccc(F)cc3)c2)C(c2ccc(F)c(Cl)c2)C1(Cl)Cl. The number of rotatable bonds is 7. The summed E-state index contributed by atoms with van der Waals surface area (Å²) in [4.78, 5) is 24.7. The maximum atomic E-state index is 14.6. The second kappa shape index (κ2) is 9.54. The fourth-order valence-electron chi connectivity index (χ4n) is 3.92. The molecule has 4 rings (SSSR count). The van der Waals surface area contributed by atoms with Crippen LogP contribution in [0.25, 0.3) is 0 Å². The Balaban J connectivity index is 1.56. The third kappa shape index (κ3) is 4.70. The van der Waals surface area contributed by atoms with E-state index in [0.717, 1.165) is 18.2 Å². The Morgan fingerprint density at radius 1 is 0.943 bits per heavy atom. The number of carbonyl (C=O) groups is 2. The van der Waals surface area contributed by atoms with Crippen LogP contribution in [0.5, 0.6) is 0 Å². The monoisotopic (exact) mass is 560 g/mol. The minimum Gasteiger partial charge on any atom is -0.384 e. The number of anilines is 2. The van der Waals surface area contributed by atoms with Crippen molar-refractivity contribution in [1.29, 1.82) is 0 Å². The lowest BCUT2D eigenvalue weighted by Crippen LogP contribution is -2.23. The van der Waals surface area contributed by atoms with Gasteiger partial charge in [-0.15, -0.1) is 0 Å². The van der Waals surface area contributed by atoms with Gasteiger partial charge in [0.05, 0.1) is 21.0 Å². The van der Waals surface area contributed by atoms with Crippen LogP contribution in [-0.4, -0.2) is 23.1 Å². The smallest absolute Gasteiger partial charge is 0.258 e. The normalized spacial score (nSPS) is 20.3. The number of nitrogens with one attached hydrogen (secondary N) is 2. The molecule has 2 unspecified atom stereocenters. The molecule has 0 radical (unpaired) electrons. The van der Waals surface area contributed by atoms with Gasteiger partial charge in [0, 0.05) is 23.8 Å². The molecule has 3 aromatic rings. The molecule has 3 aromatic carbocycles. The Kier molecular flexibility index (Phi) is 6.99. The van der Waals surface area contributed by atoms with Gasteiger partial charge in [-0.3, -0.25) is 4.79 Å². The summed E-state index contributed by atoms with van der Waals surface area (Å²) in [5, 5.41) is 4.89. The van der Waals surface area contributed by atoms with Gasteiger partial charge in [0.15, 0.2) is 5.82 Å². The third-order valence-electron chi connectivity index (χ3n) is 5.86. The Bertz CT molecular complexity index is 1320. The number of aldehydes is 1. The van der Waals surface area contributed by atoms with Crippen LogP contribution in [0.4, 0.5) is 24.5 Å². The van der Waals surface area contributed by atoms with Crippen molar-refractivity contribution in [2.75, 3.05) is 17.2 Å². The van der Waals surface area contributed by atoms with Crippen LogP contribution in [0, 0.1) is 22.9 Å². The van der Waals surface area contributed by atoms with Gasteiger partial charge in [-0.25, -0.2) is 13.2 Å². The molecule has 11 heteroatoms. The molecule has 0 aliphatic heterocycles. The average Bonchev–Trinajstić information content (AvgIpc) is 3.32. The van der Waals surface area contributed by atoms with E-state index >= 15 is 0 Å². The van der Waals surface area contributed by atoms with Crippen LogP contribution in [0.2, 0.25) is 10.0 Å². The highest BCUT2D eigenvalue weighted by Crippen LogP contribution is 2.73. The molecule has 2 N–H and O–H groups in total. The molecule has 1 amide bonds. The number of halogens is 7. The topological polar surface area (TPSA) is 58.2 Å². The molecular weight excluding hydrogens is 547 g/mol. The summed E-state index contributed by atoms with van der Waals surface area (Å²) in [6.45, 7) is -0.107. The lowest BCUT2D eigenvalue weighted by atomic mass is 10.00. The molecule has 0 bridgehead atoms. The zero-order chi connectivity index (χ0) is 25.5. The van der Waals surface area contributed by atoms with E-state index < -0.39 is 39.0 Å². The maximum absolute atomic E-state index is 14.6. The zero-order valence-corrected chi connectivity index (χ0v) is 20.5. The lowest BCUT2D eigenvalue weighted by Gasteiger charge is -2.15. The molecule has 35 heavy (non-hydrogen) atoms. The van der Waals surface area contributed by atoms with E-state index in [-0.39, 0.29) is 33.5 Å². The highest BCUT2D eigenvalue weighted by Gasteiger charge is 2.76. The standard InChI is InChI=1S/C24H15Cl4F3N2O2/c25-17-7-12(1-6-19(17)30)21-23(11-34,24(21,27)28)10-32-15-8-16(20(31)18(26)9-15)22(35)33-14-4-2-13(29)3-5-14/h1-9,11,21,32H,10H2,(H,33,35). The summed E-state index contributed by atoms with van der Waals surface area (Å²) in [6, 6.07) is 11.3. The maximum Gasteiger partial charge on any atom is 0.258 e. The molecule has 182 valence electrons. The highest BCUT2D eigenvalue weighted by atomic mass is 35.5. The summed E-state index contributed by atoms with van der Waals surface area (Å²) in [7, 11) is 0. The van der Waals surface area contributed by atoms with Crippen molar-refractivity contribution < 1.29 is 22.8 Å². The fourth-order valence-corrected chi connectivity index (χ4v) is 5.30. The molecule has 0 spiro atoms. The Morgan fingerprint density at radius 3 is 2.26 bits per heavy atom. The van der Waals surface area contributed by atoms with Crippen molar-refractivity contribution in [2.24, 2.45) is 5.41 Å². The number of amides is 1. The first-order chi connectivity index (χ1) is 16.5.